The molecule has 1 N–H and O–H groups in total. The minimum atomic E-state index is -0.652. The van der Waals surface area contributed by atoms with Gasteiger partial charge in [0.2, 0.25) is 5.89 Å². The van der Waals surface area contributed by atoms with Crippen molar-refractivity contribution in [1.82, 2.24) is 9.97 Å². The number of rotatable bonds is 4. The van der Waals surface area contributed by atoms with Crippen molar-refractivity contribution >= 4 is 22.2 Å². The third-order valence-corrected chi connectivity index (χ3v) is 5.08. The summed E-state index contributed by atoms with van der Waals surface area (Å²) in [5.74, 6) is -0.607. The predicted octanol–water partition coefficient (Wildman–Crippen LogP) is 5.16. The number of carbonyl (C=O) groups excluding carboxylic acids is 1. The third kappa shape index (κ3) is 3.50. The standard InChI is InChI=1S/C20H14FN3O2S/c1-12-2-3-13(20-23-8-9-26-20)10-15(12)17-4-5-18(27-17)24-19(25)14-6-7-22-11-16(14)21/h2-11H,1H3,(H,24,25). The average Bonchev–Trinajstić information content (AvgIpc) is 3.34. The highest BCUT2D eigenvalue weighted by molar-refractivity contribution is 7.19. The van der Waals surface area contributed by atoms with E-state index in [0.29, 0.717) is 10.9 Å². The molecule has 0 spiro atoms. The van der Waals surface area contributed by atoms with Crippen LogP contribution in [0, 0.1) is 12.7 Å². The first-order valence-electron chi connectivity index (χ1n) is 8.13. The van der Waals surface area contributed by atoms with E-state index in [1.54, 1.807) is 12.3 Å². The lowest BCUT2D eigenvalue weighted by Gasteiger charge is -2.06. The Morgan fingerprint density at radius 3 is 2.85 bits per heavy atom. The zero-order chi connectivity index (χ0) is 18.8. The second-order valence-corrected chi connectivity index (χ2v) is 6.92. The van der Waals surface area contributed by atoms with E-state index in [1.165, 1.54) is 29.9 Å². The molecule has 0 saturated heterocycles. The topological polar surface area (TPSA) is 68.0 Å². The number of anilines is 1. The summed E-state index contributed by atoms with van der Waals surface area (Å²) in [5, 5.41) is 3.36. The van der Waals surface area contributed by atoms with Crippen LogP contribution in [0.15, 0.2) is 65.7 Å². The summed E-state index contributed by atoms with van der Waals surface area (Å²) in [6.07, 6.45) is 5.54. The molecule has 4 aromatic rings. The fraction of sp³-hybridized carbons (Fsp3) is 0.0500. The molecule has 4 rings (SSSR count). The quantitative estimate of drug-likeness (QED) is 0.531. The maximum atomic E-state index is 13.7. The molecule has 0 atom stereocenters. The van der Waals surface area contributed by atoms with Gasteiger partial charge >= 0.3 is 0 Å². The first kappa shape index (κ1) is 17.1. The Balaban J connectivity index is 1.60. The molecule has 134 valence electrons. The van der Waals surface area contributed by atoms with E-state index >= 15 is 0 Å². The van der Waals surface area contributed by atoms with Gasteiger partial charge in [0.1, 0.15) is 6.26 Å². The normalized spacial score (nSPS) is 10.7. The van der Waals surface area contributed by atoms with Crippen molar-refractivity contribution < 1.29 is 13.6 Å². The number of oxazole rings is 1. The number of hydrogen-bond donors (Lipinski definition) is 1. The second-order valence-electron chi connectivity index (χ2n) is 5.84. The van der Waals surface area contributed by atoms with Crippen LogP contribution in [0.5, 0.6) is 0 Å². The molecule has 27 heavy (non-hydrogen) atoms. The van der Waals surface area contributed by atoms with Crippen LogP contribution in [0.3, 0.4) is 0 Å². The molecule has 0 aliphatic rings. The molecule has 0 fully saturated rings. The zero-order valence-corrected chi connectivity index (χ0v) is 15.1. The first-order chi connectivity index (χ1) is 13.1. The number of thiophene rings is 1. The largest absolute Gasteiger partial charge is 0.445 e. The van der Waals surface area contributed by atoms with Gasteiger partial charge in [-0.3, -0.25) is 9.78 Å². The zero-order valence-electron chi connectivity index (χ0n) is 14.3. The highest BCUT2D eigenvalue weighted by atomic mass is 32.1. The van der Waals surface area contributed by atoms with Crippen LogP contribution >= 0.6 is 11.3 Å². The molecule has 1 aromatic carbocycles. The van der Waals surface area contributed by atoms with E-state index in [0.717, 1.165) is 27.8 Å². The molecule has 5 nitrogen and oxygen atoms in total. The van der Waals surface area contributed by atoms with Crippen LogP contribution in [0.25, 0.3) is 21.9 Å². The number of amides is 1. The van der Waals surface area contributed by atoms with Crippen LogP contribution in [-0.4, -0.2) is 15.9 Å². The summed E-state index contributed by atoms with van der Waals surface area (Å²) >= 11 is 1.41. The molecule has 3 heterocycles. The van der Waals surface area contributed by atoms with Gasteiger partial charge in [-0.15, -0.1) is 11.3 Å². The smallest absolute Gasteiger partial charge is 0.259 e. The molecular formula is C20H14FN3O2S. The predicted molar refractivity (Wildman–Crippen MR) is 102 cm³/mol. The lowest BCUT2D eigenvalue weighted by atomic mass is 10.0. The van der Waals surface area contributed by atoms with Gasteiger partial charge in [0.25, 0.3) is 5.91 Å². The van der Waals surface area contributed by atoms with Gasteiger partial charge in [0.15, 0.2) is 5.82 Å². The van der Waals surface area contributed by atoms with Crippen LogP contribution in [0.4, 0.5) is 9.39 Å². The Labute approximate surface area is 158 Å². The van der Waals surface area contributed by atoms with Crippen molar-refractivity contribution in [2.45, 2.75) is 6.92 Å². The van der Waals surface area contributed by atoms with Crippen molar-refractivity contribution in [3.63, 3.8) is 0 Å². The molecule has 0 aliphatic carbocycles. The van der Waals surface area contributed by atoms with Gasteiger partial charge in [-0.1, -0.05) is 6.07 Å². The maximum absolute atomic E-state index is 13.7. The summed E-state index contributed by atoms with van der Waals surface area (Å²) < 4.78 is 19.1. The summed E-state index contributed by atoms with van der Waals surface area (Å²) in [4.78, 5) is 21.1. The number of nitrogens with zero attached hydrogens (tertiary/aromatic N) is 2. The number of carbonyl (C=O) groups is 1. The first-order valence-corrected chi connectivity index (χ1v) is 8.95. The summed E-state index contributed by atoms with van der Waals surface area (Å²) in [7, 11) is 0. The number of nitrogens with one attached hydrogen (secondary N) is 1. The molecular weight excluding hydrogens is 365 g/mol. The summed E-state index contributed by atoms with van der Waals surface area (Å²) in [5.41, 5.74) is 2.94. The number of aromatic nitrogens is 2. The van der Waals surface area contributed by atoms with Crippen molar-refractivity contribution in [3.05, 3.63) is 78.2 Å². The van der Waals surface area contributed by atoms with E-state index in [1.807, 2.05) is 31.2 Å². The van der Waals surface area contributed by atoms with Crippen molar-refractivity contribution in [2.24, 2.45) is 0 Å². The molecule has 0 radical (unpaired) electrons. The van der Waals surface area contributed by atoms with Gasteiger partial charge in [0.05, 0.1) is 23.0 Å². The molecule has 0 unspecified atom stereocenters. The Bertz CT molecular complexity index is 1110. The van der Waals surface area contributed by atoms with E-state index in [9.17, 15) is 9.18 Å². The molecule has 7 heteroatoms. The van der Waals surface area contributed by atoms with Gasteiger partial charge in [-0.2, -0.15) is 0 Å². The maximum Gasteiger partial charge on any atom is 0.259 e. The number of hydrogen-bond acceptors (Lipinski definition) is 5. The molecule has 0 bridgehead atoms. The lowest BCUT2D eigenvalue weighted by molar-refractivity contribution is 0.102. The SMILES string of the molecule is Cc1ccc(-c2ncco2)cc1-c1ccc(NC(=O)c2ccncc2F)s1. The van der Waals surface area contributed by atoms with E-state index in [2.05, 4.69) is 15.3 Å². The second kappa shape index (κ2) is 7.13. The molecule has 0 saturated carbocycles. The van der Waals surface area contributed by atoms with Crippen molar-refractivity contribution in [2.75, 3.05) is 5.32 Å². The third-order valence-electron chi connectivity index (χ3n) is 4.04. The number of pyridine rings is 1. The fourth-order valence-electron chi connectivity index (χ4n) is 2.67. The van der Waals surface area contributed by atoms with E-state index in [4.69, 9.17) is 4.42 Å². The summed E-state index contributed by atoms with van der Waals surface area (Å²) in [6, 6.07) is 11.0. The highest BCUT2D eigenvalue weighted by Gasteiger charge is 2.14. The number of benzene rings is 1. The highest BCUT2D eigenvalue weighted by Crippen LogP contribution is 2.35. The van der Waals surface area contributed by atoms with E-state index in [-0.39, 0.29) is 5.56 Å². The van der Waals surface area contributed by atoms with Crippen LogP contribution < -0.4 is 5.32 Å². The van der Waals surface area contributed by atoms with Crippen LogP contribution in [0.1, 0.15) is 15.9 Å². The lowest BCUT2D eigenvalue weighted by Crippen LogP contribution is -2.12. The minimum Gasteiger partial charge on any atom is -0.445 e. The fourth-order valence-corrected chi connectivity index (χ4v) is 3.66. The number of aryl methyl sites for hydroxylation is 1. The summed E-state index contributed by atoms with van der Waals surface area (Å²) in [6.45, 7) is 2.01. The van der Waals surface area contributed by atoms with Crippen molar-refractivity contribution in [3.8, 4) is 21.9 Å². The van der Waals surface area contributed by atoms with Crippen molar-refractivity contribution in [1.29, 1.82) is 0 Å². The van der Waals surface area contributed by atoms with E-state index < -0.39 is 11.7 Å². The Morgan fingerprint density at radius 2 is 2.07 bits per heavy atom. The molecule has 3 aromatic heterocycles. The Hall–Kier alpha value is -3.32. The van der Waals surface area contributed by atoms with Crippen LogP contribution in [-0.2, 0) is 0 Å². The molecule has 0 aliphatic heterocycles. The van der Waals surface area contributed by atoms with Gasteiger partial charge in [0, 0.05) is 16.6 Å². The number of halogens is 1. The van der Waals surface area contributed by atoms with Gasteiger partial charge in [-0.25, -0.2) is 9.37 Å². The Morgan fingerprint density at radius 1 is 1.19 bits per heavy atom. The Kier molecular flexibility index (Phi) is 4.52. The molecule has 1 amide bonds. The average molecular weight is 379 g/mol. The monoisotopic (exact) mass is 379 g/mol. The minimum absolute atomic E-state index is 0.0398. The van der Waals surface area contributed by atoms with Gasteiger partial charge in [-0.05, 0) is 48.4 Å². The van der Waals surface area contributed by atoms with Crippen LogP contribution in [0.2, 0.25) is 0 Å². The van der Waals surface area contributed by atoms with Gasteiger partial charge < -0.3 is 9.73 Å².